The molecule has 16 heavy (non-hydrogen) atoms. The van der Waals surface area contributed by atoms with Gasteiger partial charge in [0.2, 0.25) is 5.95 Å². The average molecular weight is 222 g/mol. The number of aryl methyl sites for hydroxylation is 1. The lowest BCUT2D eigenvalue weighted by atomic mass is 10.3. The molecule has 0 atom stereocenters. The molecule has 1 aliphatic heterocycles. The molecule has 1 N–H and O–H groups in total. The second kappa shape index (κ2) is 5.12. The zero-order valence-corrected chi connectivity index (χ0v) is 9.86. The SMILES string of the molecule is CCNc1nc(C)cc(N2CCOCC2)n1. The molecule has 1 aromatic rings. The predicted molar refractivity (Wildman–Crippen MR) is 64.0 cm³/mol. The third-order valence-electron chi connectivity index (χ3n) is 2.51. The molecule has 0 amide bonds. The van der Waals surface area contributed by atoms with Gasteiger partial charge in [0.1, 0.15) is 5.82 Å². The number of hydrogen-bond acceptors (Lipinski definition) is 5. The summed E-state index contributed by atoms with van der Waals surface area (Å²) in [5.74, 6) is 1.70. The number of anilines is 2. The van der Waals surface area contributed by atoms with E-state index in [2.05, 4.69) is 20.2 Å². The van der Waals surface area contributed by atoms with Gasteiger partial charge in [-0.25, -0.2) is 4.98 Å². The molecule has 1 fully saturated rings. The number of rotatable bonds is 3. The fourth-order valence-electron chi connectivity index (χ4n) is 1.74. The maximum atomic E-state index is 5.33. The molecular formula is C11H18N4O. The first-order valence-corrected chi connectivity index (χ1v) is 5.72. The number of morpholine rings is 1. The number of nitrogens with one attached hydrogen (secondary N) is 1. The van der Waals surface area contributed by atoms with Crippen LogP contribution in [-0.4, -0.2) is 42.8 Å². The summed E-state index contributed by atoms with van der Waals surface area (Å²) in [6.45, 7) is 8.24. The van der Waals surface area contributed by atoms with Gasteiger partial charge in [0.15, 0.2) is 0 Å². The normalized spacial score (nSPS) is 16.2. The molecule has 1 saturated heterocycles. The highest BCUT2D eigenvalue weighted by Gasteiger charge is 2.13. The van der Waals surface area contributed by atoms with Gasteiger partial charge in [-0.1, -0.05) is 0 Å². The Morgan fingerprint density at radius 1 is 1.38 bits per heavy atom. The highest BCUT2D eigenvalue weighted by Crippen LogP contribution is 2.15. The first-order chi connectivity index (χ1) is 7.79. The van der Waals surface area contributed by atoms with Crippen molar-refractivity contribution in [3.8, 4) is 0 Å². The van der Waals surface area contributed by atoms with E-state index in [1.54, 1.807) is 0 Å². The van der Waals surface area contributed by atoms with Crippen molar-refractivity contribution in [3.05, 3.63) is 11.8 Å². The molecule has 0 aliphatic carbocycles. The minimum absolute atomic E-state index is 0.712. The van der Waals surface area contributed by atoms with E-state index < -0.39 is 0 Å². The van der Waals surface area contributed by atoms with Crippen LogP contribution in [0.25, 0.3) is 0 Å². The summed E-state index contributed by atoms with van der Waals surface area (Å²) in [5, 5.41) is 3.15. The lowest BCUT2D eigenvalue weighted by Crippen LogP contribution is -2.37. The fourth-order valence-corrected chi connectivity index (χ4v) is 1.74. The predicted octanol–water partition coefficient (Wildman–Crippen LogP) is 1.05. The quantitative estimate of drug-likeness (QED) is 0.828. The smallest absolute Gasteiger partial charge is 0.224 e. The summed E-state index contributed by atoms with van der Waals surface area (Å²) in [6, 6.07) is 2.02. The Morgan fingerprint density at radius 3 is 2.81 bits per heavy atom. The number of nitrogens with zero attached hydrogens (tertiary/aromatic N) is 3. The van der Waals surface area contributed by atoms with E-state index in [-0.39, 0.29) is 0 Å². The highest BCUT2D eigenvalue weighted by molar-refractivity contribution is 5.44. The highest BCUT2D eigenvalue weighted by atomic mass is 16.5. The van der Waals surface area contributed by atoms with Gasteiger partial charge in [0, 0.05) is 31.4 Å². The molecule has 2 rings (SSSR count). The third-order valence-corrected chi connectivity index (χ3v) is 2.51. The number of hydrogen-bond donors (Lipinski definition) is 1. The van der Waals surface area contributed by atoms with Gasteiger partial charge in [-0.2, -0.15) is 4.98 Å². The van der Waals surface area contributed by atoms with Crippen molar-refractivity contribution in [1.29, 1.82) is 0 Å². The molecule has 0 spiro atoms. The van der Waals surface area contributed by atoms with Crippen molar-refractivity contribution in [3.63, 3.8) is 0 Å². The summed E-state index contributed by atoms with van der Waals surface area (Å²) < 4.78 is 5.33. The Hall–Kier alpha value is -1.36. The van der Waals surface area contributed by atoms with Gasteiger partial charge in [-0.3, -0.25) is 0 Å². The van der Waals surface area contributed by atoms with Gasteiger partial charge < -0.3 is 15.0 Å². The maximum absolute atomic E-state index is 5.33. The Bertz CT molecular complexity index is 350. The summed E-state index contributed by atoms with van der Waals surface area (Å²) in [7, 11) is 0. The van der Waals surface area contributed by atoms with Gasteiger partial charge in [0.05, 0.1) is 13.2 Å². The lowest BCUT2D eigenvalue weighted by molar-refractivity contribution is 0.122. The van der Waals surface area contributed by atoms with E-state index >= 15 is 0 Å². The molecule has 88 valence electrons. The molecule has 0 aromatic carbocycles. The minimum atomic E-state index is 0.712. The van der Waals surface area contributed by atoms with E-state index in [1.165, 1.54) is 0 Å². The molecule has 0 unspecified atom stereocenters. The van der Waals surface area contributed by atoms with Gasteiger partial charge >= 0.3 is 0 Å². The van der Waals surface area contributed by atoms with E-state index in [9.17, 15) is 0 Å². The lowest BCUT2D eigenvalue weighted by Gasteiger charge is -2.28. The van der Waals surface area contributed by atoms with Crippen LogP contribution in [-0.2, 0) is 4.74 Å². The van der Waals surface area contributed by atoms with E-state index in [4.69, 9.17) is 4.74 Å². The number of ether oxygens (including phenoxy) is 1. The second-order valence-electron chi connectivity index (χ2n) is 3.82. The zero-order chi connectivity index (χ0) is 11.4. The molecule has 0 bridgehead atoms. The summed E-state index contributed by atoms with van der Waals surface area (Å²) in [6.07, 6.45) is 0. The molecule has 5 heteroatoms. The Labute approximate surface area is 95.8 Å². The fraction of sp³-hybridized carbons (Fsp3) is 0.636. The van der Waals surface area contributed by atoms with Crippen LogP contribution in [0, 0.1) is 6.92 Å². The van der Waals surface area contributed by atoms with Crippen LogP contribution in [0.2, 0.25) is 0 Å². The Kier molecular flexibility index (Phi) is 3.56. The third kappa shape index (κ3) is 2.61. The van der Waals surface area contributed by atoms with Crippen LogP contribution < -0.4 is 10.2 Å². The molecule has 5 nitrogen and oxygen atoms in total. The molecule has 1 aliphatic rings. The minimum Gasteiger partial charge on any atom is -0.378 e. The Balaban J connectivity index is 2.18. The Morgan fingerprint density at radius 2 is 2.12 bits per heavy atom. The summed E-state index contributed by atoms with van der Waals surface area (Å²) in [4.78, 5) is 11.1. The van der Waals surface area contributed by atoms with Crippen LogP contribution in [0.15, 0.2) is 6.07 Å². The van der Waals surface area contributed by atoms with E-state index in [1.807, 2.05) is 19.9 Å². The van der Waals surface area contributed by atoms with Crippen molar-refractivity contribution < 1.29 is 4.74 Å². The van der Waals surface area contributed by atoms with Crippen molar-refractivity contribution in [1.82, 2.24) is 9.97 Å². The topological polar surface area (TPSA) is 50.3 Å². The first kappa shape index (κ1) is 11.1. The molecule has 0 saturated carbocycles. The molecule has 0 radical (unpaired) electrons. The summed E-state index contributed by atoms with van der Waals surface area (Å²) in [5.41, 5.74) is 0.993. The van der Waals surface area contributed by atoms with E-state index in [0.29, 0.717) is 5.95 Å². The van der Waals surface area contributed by atoms with Gasteiger partial charge in [0.25, 0.3) is 0 Å². The molecule has 1 aromatic heterocycles. The van der Waals surface area contributed by atoms with Crippen molar-refractivity contribution in [2.75, 3.05) is 43.1 Å². The van der Waals surface area contributed by atoms with Crippen LogP contribution in [0.5, 0.6) is 0 Å². The van der Waals surface area contributed by atoms with Crippen molar-refractivity contribution in [2.45, 2.75) is 13.8 Å². The molecule has 2 heterocycles. The van der Waals surface area contributed by atoms with Crippen LogP contribution in [0.4, 0.5) is 11.8 Å². The molecular weight excluding hydrogens is 204 g/mol. The van der Waals surface area contributed by atoms with Crippen LogP contribution in [0.1, 0.15) is 12.6 Å². The van der Waals surface area contributed by atoms with Crippen LogP contribution >= 0.6 is 0 Å². The summed E-state index contributed by atoms with van der Waals surface area (Å²) >= 11 is 0. The monoisotopic (exact) mass is 222 g/mol. The van der Waals surface area contributed by atoms with Gasteiger partial charge in [-0.05, 0) is 13.8 Å². The van der Waals surface area contributed by atoms with Crippen molar-refractivity contribution >= 4 is 11.8 Å². The zero-order valence-electron chi connectivity index (χ0n) is 9.86. The maximum Gasteiger partial charge on any atom is 0.224 e. The first-order valence-electron chi connectivity index (χ1n) is 5.72. The number of aromatic nitrogens is 2. The second-order valence-corrected chi connectivity index (χ2v) is 3.82. The van der Waals surface area contributed by atoms with Crippen LogP contribution in [0.3, 0.4) is 0 Å². The van der Waals surface area contributed by atoms with E-state index in [0.717, 1.165) is 44.4 Å². The largest absolute Gasteiger partial charge is 0.378 e. The van der Waals surface area contributed by atoms with Gasteiger partial charge in [-0.15, -0.1) is 0 Å². The standard InChI is InChI=1S/C11H18N4O/c1-3-12-11-13-9(2)8-10(14-11)15-4-6-16-7-5-15/h8H,3-7H2,1-2H3,(H,12,13,14). The van der Waals surface area contributed by atoms with Crippen molar-refractivity contribution in [2.24, 2.45) is 0 Å². The average Bonchev–Trinajstić information content (AvgIpc) is 2.30.